The van der Waals surface area contributed by atoms with Crippen molar-refractivity contribution in [3.63, 3.8) is 0 Å². The molecular formula is C12H13BrN2O. The van der Waals surface area contributed by atoms with Gasteiger partial charge in [0.2, 0.25) is 0 Å². The van der Waals surface area contributed by atoms with Crippen molar-refractivity contribution < 1.29 is 4.74 Å². The number of hydrogen-bond acceptors (Lipinski definition) is 3. The summed E-state index contributed by atoms with van der Waals surface area (Å²) in [5, 5.41) is 2.99. The SMILES string of the molecule is NC1NC=C(Br)C=C1OCc1ccccc1. The second kappa shape index (κ2) is 5.18. The number of dihydropyridines is 1. The topological polar surface area (TPSA) is 47.3 Å². The minimum absolute atomic E-state index is 0.273. The van der Waals surface area contributed by atoms with Crippen LogP contribution < -0.4 is 11.1 Å². The lowest BCUT2D eigenvalue weighted by atomic mass is 10.2. The number of halogens is 1. The van der Waals surface area contributed by atoms with E-state index in [4.69, 9.17) is 10.5 Å². The van der Waals surface area contributed by atoms with Crippen LogP contribution in [0.25, 0.3) is 0 Å². The summed E-state index contributed by atoms with van der Waals surface area (Å²) in [5.41, 5.74) is 6.96. The molecule has 1 aliphatic heterocycles. The van der Waals surface area contributed by atoms with Gasteiger partial charge in [0.1, 0.15) is 18.5 Å². The number of nitrogens with one attached hydrogen (secondary N) is 1. The third kappa shape index (κ3) is 2.87. The molecule has 0 bridgehead atoms. The maximum absolute atomic E-state index is 5.84. The molecule has 0 aromatic heterocycles. The van der Waals surface area contributed by atoms with Gasteiger partial charge in [0.25, 0.3) is 0 Å². The minimum atomic E-state index is -0.273. The van der Waals surface area contributed by atoms with Gasteiger partial charge in [0.15, 0.2) is 0 Å². The monoisotopic (exact) mass is 280 g/mol. The Morgan fingerprint density at radius 1 is 1.31 bits per heavy atom. The first-order valence-electron chi connectivity index (χ1n) is 5.01. The average Bonchev–Trinajstić information content (AvgIpc) is 2.32. The van der Waals surface area contributed by atoms with Gasteiger partial charge in [-0.1, -0.05) is 30.3 Å². The summed E-state index contributed by atoms with van der Waals surface area (Å²) in [7, 11) is 0. The molecule has 0 saturated carbocycles. The van der Waals surface area contributed by atoms with Crippen molar-refractivity contribution in [2.45, 2.75) is 12.8 Å². The van der Waals surface area contributed by atoms with Gasteiger partial charge in [0.05, 0.1) is 0 Å². The lowest BCUT2D eigenvalue weighted by Crippen LogP contribution is -2.38. The van der Waals surface area contributed by atoms with Crippen molar-refractivity contribution in [2.75, 3.05) is 0 Å². The molecule has 3 N–H and O–H groups in total. The molecule has 1 aromatic rings. The van der Waals surface area contributed by atoms with Crippen LogP contribution >= 0.6 is 15.9 Å². The van der Waals surface area contributed by atoms with Crippen molar-refractivity contribution in [3.05, 3.63) is 58.4 Å². The molecule has 4 heteroatoms. The van der Waals surface area contributed by atoms with Crippen LogP contribution in [0.4, 0.5) is 0 Å². The molecule has 3 nitrogen and oxygen atoms in total. The lowest BCUT2D eigenvalue weighted by Gasteiger charge is -2.21. The van der Waals surface area contributed by atoms with E-state index in [1.165, 1.54) is 0 Å². The normalized spacial score (nSPS) is 19.5. The van der Waals surface area contributed by atoms with Crippen molar-refractivity contribution in [1.82, 2.24) is 5.32 Å². The zero-order chi connectivity index (χ0) is 11.4. The van der Waals surface area contributed by atoms with Crippen LogP contribution in [0.1, 0.15) is 5.56 Å². The highest BCUT2D eigenvalue weighted by Crippen LogP contribution is 2.17. The number of benzene rings is 1. The van der Waals surface area contributed by atoms with E-state index in [1.807, 2.05) is 36.4 Å². The fraction of sp³-hybridized carbons (Fsp3) is 0.167. The second-order valence-corrected chi connectivity index (χ2v) is 4.41. The zero-order valence-electron chi connectivity index (χ0n) is 8.69. The quantitative estimate of drug-likeness (QED) is 0.893. The fourth-order valence-corrected chi connectivity index (χ4v) is 1.75. The Labute approximate surface area is 103 Å². The van der Waals surface area contributed by atoms with Gasteiger partial charge in [-0.15, -0.1) is 0 Å². The number of allylic oxidation sites excluding steroid dienone is 2. The maximum atomic E-state index is 5.84. The predicted molar refractivity (Wildman–Crippen MR) is 67.4 cm³/mol. The summed E-state index contributed by atoms with van der Waals surface area (Å²) < 4.78 is 6.58. The van der Waals surface area contributed by atoms with Gasteiger partial charge in [-0.2, -0.15) is 0 Å². The third-order valence-corrected chi connectivity index (χ3v) is 2.69. The minimum Gasteiger partial charge on any atom is -0.490 e. The second-order valence-electron chi connectivity index (χ2n) is 3.49. The van der Waals surface area contributed by atoms with Gasteiger partial charge >= 0.3 is 0 Å². The molecule has 16 heavy (non-hydrogen) atoms. The van der Waals surface area contributed by atoms with Crippen molar-refractivity contribution >= 4 is 15.9 Å². The Morgan fingerprint density at radius 3 is 2.81 bits per heavy atom. The van der Waals surface area contributed by atoms with Crippen LogP contribution in [0, 0.1) is 0 Å². The summed E-state index contributed by atoms with van der Waals surface area (Å²) in [6, 6.07) is 10.0. The van der Waals surface area contributed by atoms with E-state index in [-0.39, 0.29) is 6.17 Å². The van der Waals surface area contributed by atoms with E-state index in [2.05, 4.69) is 21.2 Å². The molecule has 0 saturated heterocycles. The van der Waals surface area contributed by atoms with Crippen molar-refractivity contribution in [3.8, 4) is 0 Å². The Hall–Kier alpha value is -1.26. The summed E-state index contributed by atoms with van der Waals surface area (Å²) in [5.74, 6) is 0.734. The molecular weight excluding hydrogens is 268 g/mol. The molecule has 0 amide bonds. The molecule has 84 valence electrons. The summed E-state index contributed by atoms with van der Waals surface area (Å²) in [6.45, 7) is 0.530. The maximum Gasteiger partial charge on any atom is 0.134 e. The lowest BCUT2D eigenvalue weighted by molar-refractivity contribution is 0.175. The molecule has 2 rings (SSSR count). The number of rotatable bonds is 3. The van der Waals surface area contributed by atoms with Gasteiger partial charge in [0, 0.05) is 10.7 Å². The fourth-order valence-electron chi connectivity index (χ4n) is 1.39. The molecule has 1 heterocycles. The van der Waals surface area contributed by atoms with E-state index in [0.29, 0.717) is 6.61 Å². The van der Waals surface area contributed by atoms with Crippen LogP contribution in [-0.2, 0) is 11.3 Å². The van der Waals surface area contributed by atoms with Crippen molar-refractivity contribution in [2.24, 2.45) is 5.73 Å². The van der Waals surface area contributed by atoms with Gasteiger partial charge in [-0.05, 0) is 27.6 Å². The van der Waals surface area contributed by atoms with E-state index >= 15 is 0 Å². The van der Waals surface area contributed by atoms with Crippen LogP contribution in [0.3, 0.4) is 0 Å². The molecule has 1 atom stereocenters. The first kappa shape index (κ1) is 11.2. The standard InChI is InChI=1S/C12H13BrN2O/c13-10-6-11(12(14)15-7-10)16-8-9-4-2-1-3-5-9/h1-7,12,15H,8,14H2. The smallest absolute Gasteiger partial charge is 0.134 e. The largest absolute Gasteiger partial charge is 0.490 e. The Bertz CT molecular complexity index is 414. The first-order valence-corrected chi connectivity index (χ1v) is 5.80. The van der Waals surface area contributed by atoms with E-state index in [0.717, 1.165) is 15.8 Å². The van der Waals surface area contributed by atoms with E-state index in [1.54, 1.807) is 6.20 Å². The highest BCUT2D eigenvalue weighted by molar-refractivity contribution is 9.11. The van der Waals surface area contributed by atoms with Gasteiger partial charge in [-0.25, -0.2) is 0 Å². The first-order chi connectivity index (χ1) is 7.75. The van der Waals surface area contributed by atoms with Gasteiger partial charge < -0.3 is 15.8 Å². The number of hydrogen-bond donors (Lipinski definition) is 2. The van der Waals surface area contributed by atoms with E-state index in [9.17, 15) is 0 Å². The average molecular weight is 281 g/mol. The van der Waals surface area contributed by atoms with Gasteiger partial charge in [-0.3, -0.25) is 0 Å². The molecule has 0 fully saturated rings. The molecule has 0 radical (unpaired) electrons. The Kier molecular flexibility index (Phi) is 3.64. The highest BCUT2D eigenvalue weighted by Gasteiger charge is 2.13. The van der Waals surface area contributed by atoms with E-state index < -0.39 is 0 Å². The molecule has 0 spiro atoms. The Morgan fingerprint density at radius 2 is 2.06 bits per heavy atom. The molecule has 1 aromatic carbocycles. The predicted octanol–water partition coefficient (Wildman–Crippen LogP) is 2.21. The summed E-state index contributed by atoms with van der Waals surface area (Å²) >= 11 is 3.37. The van der Waals surface area contributed by atoms with Crippen molar-refractivity contribution in [1.29, 1.82) is 0 Å². The molecule has 1 unspecified atom stereocenters. The number of nitrogens with two attached hydrogens (primary N) is 1. The highest BCUT2D eigenvalue weighted by atomic mass is 79.9. The zero-order valence-corrected chi connectivity index (χ0v) is 10.3. The number of ether oxygens (including phenoxy) is 1. The summed E-state index contributed by atoms with van der Waals surface area (Å²) in [6.07, 6.45) is 3.41. The summed E-state index contributed by atoms with van der Waals surface area (Å²) in [4.78, 5) is 0. The molecule has 0 aliphatic carbocycles. The van der Waals surface area contributed by atoms with Crippen LogP contribution in [0.2, 0.25) is 0 Å². The Balaban J connectivity index is 1.98. The van der Waals surface area contributed by atoms with Crippen LogP contribution in [-0.4, -0.2) is 6.17 Å². The van der Waals surface area contributed by atoms with Crippen LogP contribution in [0.5, 0.6) is 0 Å². The molecule has 1 aliphatic rings. The third-order valence-electron chi connectivity index (χ3n) is 2.24. The van der Waals surface area contributed by atoms with Crippen LogP contribution in [0.15, 0.2) is 52.8 Å².